The third kappa shape index (κ3) is 5.84. The van der Waals surface area contributed by atoms with Crippen molar-refractivity contribution < 1.29 is 9.47 Å². The normalized spacial score (nSPS) is 11.0. The fourth-order valence-corrected chi connectivity index (χ4v) is 1.68. The van der Waals surface area contributed by atoms with Gasteiger partial charge >= 0.3 is 0 Å². The van der Waals surface area contributed by atoms with Crippen LogP contribution < -0.4 is 10.1 Å². The fraction of sp³-hybridized carbons (Fsp3) is 0.467. The summed E-state index contributed by atoms with van der Waals surface area (Å²) in [5.74, 6) is 0.959. The van der Waals surface area contributed by atoms with E-state index < -0.39 is 0 Å². The summed E-state index contributed by atoms with van der Waals surface area (Å²) in [6, 6.07) is 8.12. The van der Waals surface area contributed by atoms with E-state index in [1.54, 1.807) is 14.2 Å². The number of ether oxygens (including phenoxy) is 2. The number of rotatable bonds is 9. The van der Waals surface area contributed by atoms with Gasteiger partial charge in [0.1, 0.15) is 5.75 Å². The molecule has 3 heteroatoms. The highest BCUT2D eigenvalue weighted by molar-refractivity contribution is 5.34. The van der Waals surface area contributed by atoms with Crippen molar-refractivity contribution in [3.05, 3.63) is 42.0 Å². The Hall–Kier alpha value is -1.32. The molecule has 0 unspecified atom stereocenters. The van der Waals surface area contributed by atoms with Crippen LogP contribution in [0.2, 0.25) is 0 Å². The van der Waals surface area contributed by atoms with Gasteiger partial charge in [0.25, 0.3) is 0 Å². The van der Waals surface area contributed by atoms with Crippen LogP contribution in [-0.2, 0) is 11.2 Å². The Morgan fingerprint density at radius 3 is 2.72 bits per heavy atom. The van der Waals surface area contributed by atoms with Crippen LogP contribution in [0.1, 0.15) is 12.0 Å². The molecule has 100 valence electrons. The van der Waals surface area contributed by atoms with Crippen molar-refractivity contribution in [2.24, 2.45) is 0 Å². The Morgan fingerprint density at radius 2 is 1.94 bits per heavy atom. The van der Waals surface area contributed by atoms with Gasteiger partial charge < -0.3 is 14.8 Å². The molecule has 3 nitrogen and oxygen atoms in total. The molecule has 1 aromatic carbocycles. The molecule has 0 saturated carbocycles. The van der Waals surface area contributed by atoms with Gasteiger partial charge in [0.05, 0.1) is 13.7 Å². The van der Waals surface area contributed by atoms with Gasteiger partial charge in [0.2, 0.25) is 0 Å². The van der Waals surface area contributed by atoms with Crippen molar-refractivity contribution >= 4 is 0 Å². The molecule has 0 amide bonds. The summed E-state index contributed by atoms with van der Waals surface area (Å²) < 4.78 is 10.3. The standard InChI is InChI=1S/C15H23NO2/c1-17-13-12-16-11-7-3-4-8-14-9-5-6-10-15(14)18-2/h3-6,9-10,16H,7-8,11-13H2,1-2H3. The van der Waals surface area contributed by atoms with Crippen molar-refractivity contribution in [2.45, 2.75) is 12.8 Å². The van der Waals surface area contributed by atoms with E-state index in [1.165, 1.54) is 5.56 Å². The first kappa shape index (κ1) is 14.7. The van der Waals surface area contributed by atoms with E-state index in [0.29, 0.717) is 0 Å². The van der Waals surface area contributed by atoms with E-state index in [9.17, 15) is 0 Å². The maximum Gasteiger partial charge on any atom is 0.122 e. The molecule has 1 aromatic rings. The van der Waals surface area contributed by atoms with Gasteiger partial charge in [-0.15, -0.1) is 0 Å². The lowest BCUT2D eigenvalue weighted by Crippen LogP contribution is -2.19. The van der Waals surface area contributed by atoms with E-state index in [1.807, 2.05) is 18.2 Å². The molecule has 0 atom stereocenters. The van der Waals surface area contributed by atoms with Gasteiger partial charge in [-0.1, -0.05) is 30.4 Å². The van der Waals surface area contributed by atoms with Crippen LogP contribution in [0.15, 0.2) is 36.4 Å². The third-order valence-corrected chi connectivity index (χ3v) is 2.67. The minimum absolute atomic E-state index is 0.769. The largest absolute Gasteiger partial charge is 0.496 e. The van der Waals surface area contributed by atoms with Crippen LogP contribution >= 0.6 is 0 Å². The summed E-state index contributed by atoms with van der Waals surface area (Å²) in [5, 5.41) is 3.31. The molecule has 1 rings (SSSR count). The number of benzene rings is 1. The summed E-state index contributed by atoms with van der Waals surface area (Å²) in [6.45, 7) is 2.67. The SMILES string of the molecule is COCCNCCC=CCc1ccccc1OC. The lowest BCUT2D eigenvalue weighted by atomic mass is 10.1. The Balaban J connectivity index is 2.19. The first-order valence-corrected chi connectivity index (χ1v) is 6.35. The zero-order valence-electron chi connectivity index (χ0n) is 11.3. The highest BCUT2D eigenvalue weighted by Crippen LogP contribution is 2.17. The second-order valence-electron chi connectivity index (χ2n) is 4.02. The molecule has 0 aliphatic rings. The van der Waals surface area contributed by atoms with Crippen molar-refractivity contribution in [2.75, 3.05) is 33.9 Å². The smallest absolute Gasteiger partial charge is 0.122 e. The summed E-state index contributed by atoms with van der Waals surface area (Å²) in [4.78, 5) is 0. The molecule has 0 spiro atoms. The second-order valence-corrected chi connectivity index (χ2v) is 4.02. The number of hydrogen-bond donors (Lipinski definition) is 1. The highest BCUT2D eigenvalue weighted by Gasteiger charge is 1.97. The number of allylic oxidation sites excluding steroid dienone is 1. The predicted octanol–water partition coefficient (Wildman–Crippen LogP) is 2.42. The molecular weight excluding hydrogens is 226 g/mol. The maximum absolute atomic E-state index is 5.31. The van der Waals surface area contributed by atoms with Gasteiger partial charge in [-0.2, -0.15) is 0 Å². The molecule has 0 aliphatic heterocycles. The maximum atomic E-state index is 5.31. The topological polar surface area (TPSA) is 30.5 Å². The summed E-state index contributed by atoms with van der Waals surface area (Å²) in [5.41, 5.74) is 1.23. The van der Waals surface area contributed by atoms with Gasteiger partial charge in [-0.25, -0.2) is 0 Å². The molecule has 0 fully saturated rings. The van der Waals surface area contributed by atoms with Crippen molar-refractivity contribution in [3.8, 4) is 5.75 Å². The molecule has 18 heavy (non-hydrogen) atoms. The second kappa shape index (κ2) is 9.68. The van der Waals surface area contributed by atoms with Gasteiger partial charge in [0.15, 0.2) is 0 Å². The molecular formula is C15H23NO2. The van der Waals surface area contributed by atoms with Crippen LogP contribution in [0.5, 0.6) is 5.75 Å². The number of para-hydroxylation sites is 1. The zero-order chi connectivity index (χ0) is 13.1. The zero-order valence-corrected chi connectivity index (χ0v) is 11.3. The highest BCUT2D eigenvalue weighted by atomic mass is 16.5. The minimum Gasteiger partial charge on any atom is -0.496 e. The molecule has 0 aromatic heterocycles. The van der Waals surface area contributed by atoms with E-state index in [4.69, 9.17) is 9.47 Å². The van der Waals surface area contributed by atoms with Crippen LogP contribution in [-0.4, -0.2) is 33.9 Å². The average Bonchev–Trinajstić information content (AvgIpc) is 2.42. The fourth-order valence-electron chi connectivity index (χ4n) is 1.68. The lowest BCUT2D eigenvalue weighted by Gasteiger charge is -2.05. The van der Waals surface area contributed by atoms with Gasteiger partial charge in [0, 0.05) is 13.7 Å². The van der Waals surface area contributed by atoms with Crippen LogP contribution in [0.25, 0.3) is 0 Å². The summed E-state index contributed by atoms with van der Waals surface area (Å²) in [7, 11) is 3.43. The Labute approximate surface area is 110 Å². The van der Waals surface area contributed by atoms with Crippen molar-refractivity contribution in [3.63, 3.8) is 0 Å². The van der Waals surface area contributed by atoms with Gasteiger partial charge in [-0.05, 0) is 31.0 Å². The monoisotopic (exact) mass is 249 g/mol. The Morgan fingerprint density at radius 1 is 1.11 bits per heavy atom. The van der Waals surface area contributed by atoms with Crippen molar-refractivity contribution in [1.29, 1.82) is 0 Å². The summed E-state index contributed by atoms with van der Waals surface area (Å²) >= 11 is 0. The molecule has 0 saturated heterocycles. The molecule has 0 radical (unpaired) electrons. The van der Waals surface area contributed by atoms with E-state index in [2.05, 4.69) is 23.5 Å². The van der Waals surface area contributed by atoms with Crippen molar-refractivity contribution in [1.82, 2.24) is 5.32 Å². The average molecular weight is 249 g/mol. The molecule has 0 bridgehead atoms. The Kier molecular flexibility index (Phi) is 7.93. The van der Waals surface area contributed by atoms with Crippen LogP contribution in [0.4, 0.5) is 0 Å². The predicted molar refractivity (Wildman–Crippen MR) is 75.2 cm³/mol. The lowest BCUT2D eigenvalue weighted by molar-refractivity contribution is 0.199. The van der Waals surface area contributed by atoms with Crippen LogP contribution in [0.3, 0.4) is 0 Å². The van der Waals surface area contributed by atoms with E-state index >= 15 is 0 Å². The summed E-state index contributed by atoms with van der Waals surface area (Å²) in [6.07, 6.45) is 6.35. The first-order chi connectivity index (χ1) is 8.88. The van der Waals surface area contributed by atoms with E-state index in [-0.39, 0.29) is 0 Å². The molecule has 1 N–H and O–H groups in total. The number of methoxy groups -OCH3 is 2. The van der Waals surface area contributed by atoms with E-state index in [0.717, 1.165) is 38.3 Å². The first-order valence-electron chi connectivity index (χ1n) is 6.35. The Bertz CT molecular complexity index is 350. The number of nitrogens with one attached hydrogen (secondary N) is 1. The minimum atomic E-state index is 0.769. The molecule has 0 heterocycles. The van der Waals surface area contributed by atoms with Crippen LogP contribution in [0, 0.1) is 0 Å². The third-order valence-electron chi connectivity index (χ3n) is 2.67. The molecule has 0 aliphatic carbocycles. The van der Waals surface area contributed by atoms with Gasteiger partial charge in [-0.3, -0.25) is 0 Å². The quantitative estimate of drug-likeness (QED) is 0.538. The number of hydrogen-bond acceptors (Lipinski definition) is 3.